The zero-order chi connectivity index (χ0) is 22.6. The zero-order valence-electron chi connectivity index (χ0n) is 18.4. The van der Waals surface area contributed by atoms with Gasteiger partial charge in [-0.25, -0.2) is 0 Å². The molecule has 2 fully saturated rings. The van der Waals surface area contributed by atoms with Crippen LogP contribution in [0.1, 0.15) is 39.7 Å². The number of hydrogen-bond donors (Lipinski definition) is 0. The first-order chi connectivity index (χ1) is 14.7. The molecule has 0 spiro atoms. The van der Waals surface area contributed by atoms with E-state index in [9.17, 15) is 9.59 Å². The third kappa shape index (κ3) is 5.33. The van der Waals surface area contributed by atoms with Crippen LogP contribution in [0, 0.1) is 0 Å². The highest BCUT2D eigenvalue weighted by Gasteiger charge is 2.66. The fraction of sp³-hybridized carbons (Fsp3) is 0.565. The molecule has 0 saturated carbocycles. The van der Waals surface area contributed by atoms with Gasteiger partial charge in [0.1, 0.15) is 24.9 Å². The maximum absolute atomic E-state index is 11.9. The first-order valence-electron chi connectivity index (χ1n) is 10.3. The van der Waals surface area contributed by atoms with E-state index in [4.69, 9.17) is 28.4 Å². The summed E-state index contributed by atoms with van der Waals surface area (Å²) in [6, 6.07) is 9.61. The van der Waals surface area contributed by atoms with E-state index < -0.39 is 47.9 Å². The molecule has 0 aliphatic carbocycles. The summed E-state index contributed by atoms with van der Waals surface area (Å²) in [5.41, 5.74) is -0.398. The summed E-state index contributed by atoms with van der Waals surface area (Å²) in [7, 11) is 0. The largest absolute Gasteiger partial charge is 0.463 e. The van der Waals surface area contributed by atoms with Gasteiger partial charge >= 0.3 is 11.9 Å². The number of ether oxygens (including phenoxy) is 6. The summed E-state index contributed by atoms with van der Waals surface area (Å²) in [4.78, 5) is 23.6. The molecule has 0 bridgehead atoms. The Labute approximate surface area is 182 Å². The molecule has 2 saturated heterocycles. The minimum atomic E-state index is -1.34. The minimum absolute atomic E-state index is 0.201. The Balaban J connectivity index is 1.97. The molecule has 0 amide bonds. The molecular formula is C23H30O8. The fourth-order valence-electron chi connectivity index (χ4n) is 3.99. The summed E-state index contributed by atoms with van der Waals surface area (Å²) in [6.45, 7) is 9.99. The number of carbonyl (C=O) groups excluding carboxylic acids is 2. The van der Waals surface area contributed by atoms with Crippen molar-refractivity contribution >= 4 is 11.9 Å². The Morgan fingerprint density at radius 3 is 2.45 bits per heavy atom. The number of benzene rings is 1. The molecule has 8 nitrogen and oxygen atoms in total. The van der Waals surface area contributed by atoms with Crippen molar-refractivity contribution in [2.45, 2.75) is 76.7 Å². The molecule has 1 aromatic rings. The Hall–Kier alpha value is -2.26. The van der Waals surface area contributed by atoms with Crippen LogP contribution in [0.25, 0.3) is 0 Å². The SMILES string of the molecule is C=CC[C@H](OC(C)=O)[C@@]1(COC(C)=O)O[C@@H]2OC(C)(C)O[C@@H]2[C@H]1OCc1ccccc1. The van der Waals surface area contributed by atoms with Crippen molar-refractivity contribution in [3.8, 4) is 0 Å². The monoisotopic (exact) mass is 434 g/mol. The highest BCUT2D eigenvalue weighted by Crippen LogP contribution is 2.47. The van der Waals surface area contributed by atoms with Crippen LogP contribution in [0.3, 0.4) is 0 Å². The van der Waals surface area contributed by atoms with E-state index in [0.29, 0.717) is 0 Å². The maximum atomic E-state index is 11.9. The van der Waals surface area contributed by atoms with Crippen LogP contribution in [0.5, 0.6) is 0 Å². The van der Waals surface area contributed by atoms with Crippen LogP contribution in [0.2, 0.25) is 0 Å². The van der Waals surface area contributed by atoms with Crippen LogP contribution >= 0.6 is 0 Å². The van der Waals surface area contributed by atoms with Crippen molar-refractivity contribution in [3.63, 3.8) is 0 Å². The lowest BCUT2D eigenvalue weighted by Crippen LogP contribution is -2.58. The molecular weight excluding hydrogens is 404 g/mol. The number of esters is 2. The molecule has 5 atom stereocenters. The van der Waals surface area contributed by atoms with Crippen molar-refractivity contribution in [1.29, 1.82) is 0 Å². The number of hydrogen-bond acceptors (Lipinski definition) is 8. The highest BCUT2D eigenvalue weighted by molar-refractivity contribution is 5.67. The average molecular weight is 434 g/mol. The van der Waals surface area contributed by atoms with Crippen LogP contribution in [0.15, 0.2) is 43.0 Å². The molecule has 0 aromatic heterocycles. The molecule has 3 rings (SSSR count). The van der Waals surface area contributed by atoms with E-state index >= 15 is 0 Å². The second-order valence-electron chi connectivity index (χ2n) is 8.16. The Morgan fingerprint density at radius 2 is 1.84 bits per heavy atom. The average Bonchev–Trinajstić information content (AvgIpc) is 3.14. The van der Waals surface area contributed by atoms with Gasteiger partial charge in [-0.15, -0.1) is 6.58 Å². The normalized spacial score (nSPS) is 29.7. The van der Waals surface area contributed by atoms with Gasteiger partial charge in [-0.2, -0.15) is 0 Å². The van der Waals surface area contributed by atoms with Crippen molar-refractivity contribution in [2.75, 3.05) is 6.61 Å². The highest BCUT2D eigenvalue weighted by atomic mass is 16.9. The van der Waals surface area contributed by atoms with E-state index in [1.54, 1.807) is 19.9 Å². The molecule has 8 heteroatoms. The van der Waals surface area contributed by atoms with Gasteiger partial charge in [-0.3, -0.25) is 9.59 Å². The third-order valence-corrected chi connectivity index (χ3v) is 5.21. The number of rotatable bonds is 9. The number of fused-ring (bicyclic) bond motifs is 1. The molecule has 0 radical (unpaired) electrons. The van der Waals surface area contributed by atoms with E-state index in [0.717, 1.165) is 5.56 Å². The van der Waals surface area contributed by atoms with Crippen LogP contribution in [-0.4, -0.2) is 54.5 Å². The molecule has 31 heavy (non-hydrogen) atoms. The lowest BCUT2D eigenvalue weighted by Gasteiger charge is -2.40. The second-order valence-corrected chi connectivity index (χ2v) is 8.16. The lowest BCUT2D eigenvalue weighted by atomic mass is 9.87. The van der Waals surface area contributed by atoms with Gasteiger partial charge < -0.3 is 28.4 Å². The fourth-order valence-corrected chi connectivity index (χ4v) is 3.99. The zero-order valence-corrected chi connectivity index (χ0v) is 18.4. The molecule has 0 N–H and O–H groups in total. The van der Waals surface area contributed by atoms with Crippen molar-refractivity contribution in [1.82, 2.24) is 0 Å². The standard InChI is InChI=1S/C23H30O8/c1-6-10-18(28-16(3)25)23(14-27-15(2)24)20(26-13-17-11-8-7-9-12-17)19-21(31-23)30-22(4,5)29-19/h6-9,11-12,18-21H,1,10,13-14H2,2-5H3/t18-,19+,20+,21-,23+/m0/s1. The predicted molar refractivity (Wildman–Crippen MR) is 110 cm³/mol. The summed E-state index contributed by atoms with van der Waals surface area (Å²) in [5, 5.41) is 0. The topological polar surface area (TPSA) is 89.5 Å². The van der Waals surface area contributed by atoms with Gasteiger partial charge in [0.15, 0.2) is 17.7 Å². The van der Waals surface area contributed by atoms with Gasteiger partial charge in [-0.05, 0) is 19.4 Å². The molecule has 1 aromatic carbocycles. The van der Waals surface area contributed by atoms with Gasteiger partial charge in [0.25, 0.3) is 0 Å². The predicted octanol–water partition coefficient (Wildman–Crippen LogP) is 2.89. The summed E-state index contributed by atoms with van der Waals surface area (Å²) in [5.74, 6) is -1.88. The Bertz CT molecular complexity index is 792. The van der Waals surface area contributed by atoms with Crippen molar-refractivity contribution in [3.05, 3.63) is 48.6 Å². The Kier molecular flexibility index (Phi) is 7.16. The van der Waals surface area contributed by atoms with Crippen LogP contribution < -0.4 is 0 Å². The van der Waals surface area contributed by atoms with Gasteiger partial charge in [0.05, 0.1) is 6.61 Å². The third-order valence-electron chi connectivity index (χ3n) is 5.21. The number of carbonyl (C=O) groups is 2. The van der Waals surface area contributed by atoms with Crippen LogP contribution in [-0.2, 0) is 44.6 Å². The maximum Gasteiger partial charge on any atom is 0.303 e. The van der Waals surface area contributed by atoms with E-state index in [1.165, 1.54) is 13.8 Å². The minimum Gasteiger partial charge on any atom is -0.463 e. The van der Waals surface area contributed by atoms with Gasteiger partial charge in [-0.1, -0.05) is 36.4 Å². The smallest absolute Gasteiger partial charge is 0.303 e. The molecule has 2 heterocycles. The van der Waals surface area contributed by atoms with E-state index in [1.807, 2.05) is 30.3 Å². The van der Waals surface area contributed by atoms with Gasteiger partial charge in [0, 0.05) is 20.3 Å². The van der Waals surface area contributed by atoms with Gasteiger partial charge in [0.2, 0.25) is 0 Å². The van der Waals surface area contributed by atoms with Crippen LogP contribution in [0.4, 0.5) is 0 Å². The molecule has 0 unspecified atom stereocenters. The molecule has 2 aliphatic heterocycles. The first-order valence-corrected chi connectivity index (χ1v) is 10.3. The Morgan fingerprint density at radius 1 is 1.13 bits per heavy atom. The van der Waals surface area contributed by atoms with E-state index in [2.05, 4.69) is 6.58 Å². The summed E-state index contributed by atoms with van der Waals surface area (Å²) < 4.78 is 35.6. The lowest BCUT2D eigenvalue weighted by molar-refractivity contribution is -0.275. The second kappa shape index (κ2) is 9.48. The molecule has 170 valence electrons. The van der Waals surface area contributed by atoms with E-state index in [-0.39, 0.29) is 19.6 Å². The summed E-state index contributed by atoms with van der Waals surface area (Å²) >= 11 is 0. The summed E-state index contributed by atoms with van der Waals surface area (Å²) in [6.07, 6.45) is -1.10. The van der Waals surface area contributed by atoms with Crippen molar-refractivity contribution < 1.29 is 38.0 Å². The molecule has 2 aliphatic rings. The first kappa shape index (κ1) is 23.4. The quantitative estimate of drug-likeness (QED) is 0.433. The van der Waals surface area contributed by atoms with Crippen molar-refractivity contribution in [2.24, 2.45) is 0 Å².